The van der Waals surface area contributed by atoms with Crippen molar-refractivity contribution in [2.75, 3.05) is 32.7 Å². The van der Waals surface area contributed by atoms with Crippen molar-refractivity contribution in [2.45, 2.75) is 6.92 Å². The number of aromatic nitrogens is 2. The molecule has 0 N–H and O–H groups in total. The largest absolute Gasteiger partial charge is 0.335 e. The van der Waals surface area contributed by atoms with Gasteiger partial charge in [0.2, 0.25) is 5.43 Å². The molecule has 1 fully saturated rings. The van der Waals surface area contributed by atoms with Gasteiger partial charge in [0.25, 0.3) is 5.91 Å². The molecule has 0 atom stereocenters. The Balaban J connectivity index is 1.41. The Morgan fingerprint density at radius 1 is 0.968 bits per heavy atom. The van der Waals surface area contributed by atoms with Crippen LogP contribution in [0.3, 0.4) is 0 Å². The lowest BCUT2D eigenvalue weighted by Gasteiger charge is -2.33. The number of piperazine rings is 1. The number of benzene rings is 2. The van der Waals surface area contributed by atoms with Crippen LogP contribution in [0.5, 0.6) is 0 Å². The Labute approximate surface area is 182 Å². The lowest BCUT2D eigenvalue weighted by Crippen LogP contribution is -2.49. The van der Waals surface area contributed by atoms with Gasteiger partial charge in [-0.25, -0.2) is 4.68 Å². The molecule has 31 heavy (non-hydrogen) atoms. The van der Waals surface area contributed by atoms with Gasteiger partial charge in [-0.2, -0.15) is 5.10 Å². The zero-order chi connectivity index (χ0) is 21.6. The van der Waals surface area contributed by atoms with E-state index in [0.717, 1.165) is 25.3 Å². The Morgan fingerprint density at radius 3 is 2.29 bits per heavy atom. The molecule has 0 aliphatic carbocycles. The van der Waals surface area contributed by atoms with Crippen molar-refractivity contribution in [2.24, 2.45) is 0 Å². The van der Waals surface area contributed by atoms with E-state index in [9.17, 15) is 9.59 Å². The first-order chi connectivity index (χ1) is 15.1. The first kappa shape index (κ1) is 20.8. The van der Waals surface area contributed by atoms with E-state index >= 15 is 0 Å². The highest BCUT2D eigenvalue weighted by Crippen LogP contribution is 2.10. The average Bonchev–Trinajstić information content (AvgIpc) is 2.80. The van der Waals surface area contributed by atoms with E-state index in [1.807, 2.05) is 55.5 Å². The van der Waals surface area contributed by atoms with E-state index < -0.39 is 0 Å². The summed E-state index contributed by atoms with van der Waals surface area (Å²) in [5, 5.41) is 4.41. The van der Waals surface area contributed by atoms with Gasteiger partial charge in [0.05, 0.1) is 5.69 Å². The van der Waals surface area contributed by atoms with Crippen LogP contribution in [0.2, 0.25) is 0 Å². The molecule has 1 aromatic heterocycles. The zero-order valence-electron chi connectivity index (χ0n) is 17.6. The summed E-state index contributed by atoms with van der Waals surface area (Å²) in [5.41, 5.74) is 2.35. The SMILES string of the molecule is Cc1cc(=O)c(C(=O)N2CCN(C/C=C/c3ccccc3)CC2)nn1-c1ccccc1. The molecule has 0 saturated carbocycles. The molecule has 1 aliphatic heterocycles. The first-order valence-electron chi connectivity index (χ1n) is 10.5. The molecule has 4 rings (SSSR count). The minimum atomic E-state index is -0.331. The molecule has 6 heteroatoms. The second kappa shape index (κ2) is 9.53. The van der Waals surface area contributed by atoms with Gasteiger partial charge in [-0.15, -0.1) is 0 Å². The van der Waals surface area contributed by atoms with E-state index in [1.165, 1.54) is 11.6 Å². The number of amides is 1. The Hall–Kier alpha value is -3.51. The van der Waals surface area contributed by atoms with Crippen LogP contribution in [0.15, 0.2) is 77.6 Å². The van der Waals surface area contributed by atoms with Crippen molar-refractivity contribution in [3.63, 3.8) is 0 Å². The van der Waals surface area contributed by atoms with Crippen LogP contribution in [0, 0.1) is 6.92 Å². The summed E-state index contributed by atoms with van der Waals surface area (Å²) < 4.78 is 1.65. The van der Waals surface area contributed by atoms with E-state index in [-0.39, 0.29) is 17.0 Å². The van der Waals surface area contributed by atoms with Gasteiger partial charge in [-0.1, -0.05) is 60.7 Å². The van der Waals surface area contributed by atoms with E-state index in [4.69, 9.17) is 0 Å². The highest BCUT2D eigenvalue weighted by molar-refractivity contribution is 5.92. The second-order valence-electron chi connectivity index (χ2n) is 7.65. The summed E-state index contributed by atoms with van der Waals surface area (Å²) in [4.78, 5) is 29.6. The summed E-state index contributed by atoms with van der Waals surface area (Å²) in [6.45, 7) is 5.35. The van der Waals surface area contributed by atoms with Gasteiger partial charge >= 0.3 is 0 Å². The van der Waals surface area contributed by atoms with Crippen LogP contribution in [0.4, 0.5) is 0 Å². The molecule has 0 spiro atoms. The monoisotopic (exact) mass is 414 g/mol. The Morgan fingerprint density at radius 2 is 1.61 bits per heavy atom. The van der Waals surface area contributed by atoms with Crippen molar-refractivity contribution in [1.82, 2.24) is 19.6 Å². The van der Waals surface area contributed by atoms with E-state index in [1.54, 1.807) is 9.58 Å². The van der Waals surface area contributed by atoms with Crippen molar-refractivity contribution >= 4 is 12.0 Å². The summed E-state index contributed by atoms with van der Waals surface area (Å²) in [6.07, 6.45) is 4.26. The van der Waals surface area contributed by atoms with Crippen molar-refractivity contribution < 1.29 is 4.79 Å². The summed E-state index contributed by atoms with van der Waals surface area (Å²) in [6, 6.07) is 21.2. The third-order valence-corrected chi connectivity index (χ3v) is 5.44. The highest BCUT2D eigenvalue weighted by atomic mass is 16.2. The number of hydrogen-bond acceptors (Lipinski definition) is 4. The normalized spacial score (nSPS) is 14.8. The van der Waals surface area contributed by atoms with E-state index in [0.29, 0.717) is 18.8 Å². The van der Waals surface area contributed by atoms with Crippen LogP contribution in [-0.4, -0.2) is 58.2 Å². The lowest BCUT2D eigenvalue weighted by molar-refractivity contribution is 0.0641. The van der Waals surface area contributed by atoms with Crippen LogP contribution in [-0.2, 0) is 0 Å². The van der Waals surface area contributed by atoms with Gasteiger partial charge in [0.15, 0.2) is 5.69 Å². The molecular weight excluding hydrogens is 388 g/mol. The van der Waals surface area contributed by atoms with Gasteiger partial charge in [-0.3, -0.25) is 14.5 Å². The fourth-order valence-electron chi connectivity index (χ4n) is 3.71. The smallest absolute Gasteiger partial charge is 0.278 e. The van der Waals surface area contributed by atoms with Gasteiger partial charge in [-0.05, 0) is 24.6 Å². The number of hydrogen-bond donors (Lipinski definition) is 0. The van der Waals surface area contributed by atoms with Crippen LogP contribution < -0.4 is 5.43 Å². The van der Waals surface area contributed by atoms with Crippen LogP contribution >= 0.6 is 0 Å². The molecule has 0 unspecified atom stereocenters. The molecule has 1 aliphatic rings. The van der Waals surface area contributed by atoms with Crippen molar-refractivity contribution in [1.29, 1.82) is 0 Å². The predicted octanol–water partition coefficient (Wildman–Crippen LogP) is 3.01. The Kier molecular flexibility index (Phi) is 6.38. The highest BCUT2D eigenvalue weighted by Gasteiger charge is 2.25. The number of para-hydroxylation sites is 1. The number of carbonyl (C=O) groups is 1. The standard InChI is InChI=1S/C25H26N4O2/c1-20-19-23(30)24(26-29(20)22-12-6-3-7-13-22)25(31)28-17-15-27(16-18-28)14-8-11-21-9-4-2-5-10-21/h2-13,19H,14-18H2,1H3/b11-8+. The number of aryl methyl sites for hydroxylation is 1. The van der Waals surface area contributed by atoms with Gasteiger partial charge in [0, 0.05) is 44.5 Å². The molecule has 2 heterocycles. The number of carbonyl (C=O) groups excluding carboxylic acids is 1. The fraction of sp³-hybridized carbons (Fsp3) is 0.240. The van der Waals surface area contributed by atoms with Gasteiger partial charge in [0.1, 0.15) is 0 Å². The minimum Gasteiger partial charge on any atom is -0.335 e. The maximum absolute atomic E-state index is 13.0. The van der Waals surface area contributed by atoms with Crippen molar-refractivity contribution in [3.05, 3.63) is 100.0 Å². The van der Waals surface area contributed by atoms with Gasteiger partial charge < -0.3 is 4.90 Å². The van der Waals surface area contributed by atoms with Crippen LogP contribution in [0.1, 0.15) is 21.7 Å². The first-order valence-corrected chi connectivity index (χ1v) is 10.5. The molecule has 0 bridgehead atoms. The maximum Gasteiger partial charge on any atom is 0.278 e. The maximum atomic E-state index is 13.0. The van der Waals surface area contributed by atoms with E-state index in [2.05, 4.69) is 34.3 Å². The summed E-state index contributed by atoms with van der Waals surface area (Å²) in [5.74, 6) is -0.297. The Bertz CT molecular complexity index is 1120. The molecule has 3 aromatic rings. The molecule has 2 aromatic carbocycles. The molecule has 158 valence electrons. The quantitative estimate of drug-likeness (QED) is 0.644. The predicted molar refractivity (Wildman–Crippen MR) is 122 cm³/mol. The average molecular weight is 415 g/mol. The third kappa shape index (κ3) is 4.98. The molecule has 1 saturated heterocycles. The minimum absolute atomic E-state index is 0.0214. The zero-order valence-corrected chi connectivity index (χ0v) is 17.6. The molecule has 6 nitrogen and oxygen atoms in total. The number of nitrogens with zero attached hydrogens (tertiary/aromatic N) is 4. The van der Waals surface area contributed by atoms with Crippen LogP contribution in [0.25, 0.3) is 11.8 Å². The summed E-state index contributed by atoms with van der Waals surface area (Å²) >= 11 is 0. The second-order valence-corrected chi connectivity index (χ2v) is 7.65. The van der Waals surface area contributed by atoms with Crippen molar-refractivity contribution in [3.8, 4) is 5.69 Å². The molecule has 1 amide bonds. The molecule has 0 radical (unpaired) electrons. The fourth-order valence-corrected chi connectivity index (χ4v) is 3.71. The number of rotatable bonds is 5. The third-order valence-electron chi connectivity index (χ3n) is 5.44. The summed E-state index contributed by atoms with van der Waals surface area (Å²) in [7, 11) is 0. The lowest BCUT2D eigenvalue weighted by atomic mass is 10.2. The topological polar surface area (TPSA) is 58.4 Å². The molecular formula is C25H26N4O2.